The zero-order valence-electron chi connectivity index (χ0n) is 11.4. The summed E-state index contributed by atoms with van der Waals surface area (Å²) in [4.78, 5) is 22.4. The molecule has 0 radical (unpaired) electrons. The number of esters is 1. The number of hydrogen-bond donors (Lipinski definition) is 1. The number of carbonyl (C=O) groups excluding carboxylic acids is 1. The summed E-state index contributed by atoms with van der Waals surface area (Å²) < 4.78 is 10.4. The summed E-state index contributed by atoms with van der Waals surface area (Å²) in [5, 5.41) is 8.84. The van der Waals surface area contributed by atoms with Crippen LogP contribution in [0.25, 0.3) is 6.08 Å². The molecule has 5 nitrogen and oxygen atoms in total. The van der Waals surface area contributed by atoms with Crippen LogP contribution in [-0.2, 0) is 9.59 Å². The first kappa shape index (κ1) is 14.1. The van der Waals surface area contributed by atoms with Crippen LogP contribution >= 0.6 is 0 Å². The first-order chi connectivity index (χ1) is 9.51. The van der Waals surface area contributed by atoms with E-state index >= 15 is 0 Å². The number of ether oxygens (including phenoxy) is 2. The second-order valence-corrected chi connectivity index (χ2v) is 4.74. The van der Waals surface area contributed by atoms with E-state index in [0.29, 0.717) is 17.1 Å². The Balaban J connectivity index is 2.21. The highest BCUT2D eigenvalue weighted by Crippen LogP contribution is 2.34. The summed E-state index contributed by atoms with van der Waals surface area (Å²) >= 11 is 0. The van der Waals surface area contributed by atoms with Crippen molar-refractivity contribution in [2.45, 2.75) is 19.8 Å². The van der Waals surface area contributed by atoms with Crippen LogP contribution in [0.5, 0.6) is 11.5 Å². The molecule has 1 N–H and O–H groups in total. The topological polar surface area (TPSA) is 72.8 Å². The molecular weight excluding hydrogens is 260 g/mol. The maximum Gasteiger partial charge on any atom is 0.331 e. The highest BCUT2D eigenvalue weighted by molar-refractivity contribution is 5.91. The maximum atomic E-state index is 11.6. The van der Waals surface area contributed by atoms with Crippen LogP contribution in [0.4, 0.5) is 0 Å². The Hall–Kier alpha value is -2.30. The first-order valence-electron chi connectivity index (χ1n) is 6.32. The van der Waals surface area contributed by atoms with Gasteiger partial charge in [0.2, 0.25) is 0 Å². The number of carboxylic acid groups (broad SMARTS) is 1. The zero-order chi connectivity index (χ0) is 14.7. The van der Waals surface area contributed by atoms with Gasteiger partial charge in [-0.2, -0.15) is 0 Å². The molecule has 1 aromatic carbocycles. The summed E-state index contributed by atoms with van der Waals surface area (Å²) in [5.41, 5.74) is 0.891. The number of carboxylic acids is 1. The number of rotatable bonds is 5. The maximum absolute atomic E-state index is 11.6. The molecule has 0 saturated heterocycles. The molecule has 0 spiro atoms. The Morgan fingerprint density at radius 1 is 1.30 bits per heavy atom. The van der Waals surface area contributed by atoms with Crippen LogP contribution in [0.2, 0.25) is 0 Å². The van der Waals surface area contributed by atoms with Crippen LogP contribution in [-0.4, -0.2) is 24.2 Å². The van der Waals surface area contributed by atoms with E-state index in [-0.39, 0.29) is 17.5 Å². The van der Waals surface area contributed by atoms with Gasteiger partial charge in [-0.15, -0.1) is 0 Å². The van der Waals surface area contributed by atoms with Gasteiger partial charge in [-0.3, -0.25) is 4.79 Å². The van der Waals surface area contributed by atoms with Gasteiger partial charge in [-0.1, -0.05) is 6.07 Å². The number of hydrogen-bond acceptors (Lipinski definition) is 4. The summed E-state index contributed by atoms with van der Waals surface area (Å²) in [6.07, 6.45) is 3.27. The average Bonchev–Trinajstić information content (AvgIpc) is 3.24. The van der Waals surface area contributed by atoms with Crippen molar-refractivity contribution in [1.82, 2.24) is 0 Å². The normalized spacial score (nSPS) is 14.8. The molecule has 1 aliphatic rings. The van der Waals surface area contributed by atoms with Gasteiger partial charge in [-0.25, -0.2) is 4.79 Å². The van der Waals surface area contributed by atoms with E-state index in [1.807, 2.05) is 0 Å². The van der Waals surface area contributed by atoms with Crippen LogP contribution in [0.15, 0.2) is 23.8 Å². The van der Waals surface area contributed by atoms with Crippen LogP contribution < -0.4 is 9.47 Å². The monoisotopic (exact) mass is 276 g/mol. The predicted molar refractivity (Wildman–Crippen MR) is 72.6 cm³/mol. The van der Waals surface area contributed by atoms with Gasteiger partial charge in [0.1, 0.15) is 0 Å². The first-order valence-corrected chi connectivity index (χ1v) is 6.32. The van der Waals surface area contributed by atoms with E-state index in [4.69, 9.17) is 14.6 Å². The Morgan fingerprint density at radius 3 is 2.55 bits per heavy atom. The molecular formula is C15H16O5. The molecule has 0 aromatic heterocycles. The third-order valence-corrected chi connectivity index (χ3v) is 3.03. The predicted octanol–water partition coefficient (Wildman–Crippen LogP) is 2.50. The number of methoxy groups -OCH3 is 1. The van der Waals surface area contributed by atoms with Crippen LogP contribution in [0.1, 0.15) is 25.3 Å². The Bertz CT molecular complexity index is 570. The third kappa shape index (κ3) is 3.38. The van der Waals surface area contributed by atoms with Crippen molar-refractivity contribution < 1.29 is 24.2 Å². The molecule has 0 bridgehead atoms. The SMILES string of the molecule is COc1cc(/C=C(\C)C(=O)O)ccc1OC(=O)C1CC1. The lowest BCUT2D eigenvalue weighted by Gasteiger charge is -2.09. The quantitative estimate of drug-likeness (QED) is 0.508. The lowest BCUT2D eigenvalue weighted by atomic mass is 10.1. The van der Waals surface area contributed by atoms with Crippen molar-refractivity contribution in [2.24, 2.45) is 5.92 Å². The fraction of sp³-hybridized carbons (Fsp3) is 0.333. The Morgan fingerprint density at radius 2 is 2.00 bits per heavy atom. The molecule has 0 heterocycles. The molecule has 0 unspecified atom stereocenters. The van der Waals surface area contributed by atoms with Gasteiger partial charge in [-0.05, 0) is 43.5 Å². The van der Waals surface area contributed by atoms with Gasteiger partial charge >= 0.3 is 11.9 Å². The molecule has 0 amide bonds. The van der Waals surface area contributed by atoms with Gasteiger partial charge in [0.05, 0.1) is 13.0 Å². The second kappa shape index (κ2) is 5.77. The van der Waals surface area contributed by atoms with Gasteiger partial charge in [0, 0.05) is 5.57 Å². The molecule has 1 saturated carbocycles. The largest absolute Gasteiger partial charge is 0.493 e. The molecule has 106 valence electrons. The molecule has 1 aromatic rings. The van der Waals surface area contributed by atoms with Crippen LogP contribution in [0.3, 0.4) is 0 Å². The Kier molecular flexibility index (Phi) is 4.08. The molecule has 1 aliphatic carbocycles. The summed E-state index contributed by atoms with van der Waals surface area (Å²) in [7, 11) is 1.47. The number of carbonyl (C=O) groups is 2. The minimum absolute atomic E-state index is 0.00790. The highest BCUT2D eigenvalue weighted by atomic mass is 16.6. The highest BCUT2D eigenvalue weighted by Gasteiger charge is 2.32. The summed E-state index contributed by atoms with van der Waals surface area (Å²) in [6, 6.07) is 4.94. The third-order valence-electron chi connectivity index (χ3n) is 3.03. The van der Waals surface area contributed by atoms with Crippen LogP contribution in [0, 0.1) is 5.92 Å². The minimum atomic E-state index is -0.979. The van der Waals surface area contributed by atoms with E-state index in [1.165, 1.54) is 20.1 Å². The van der Waals surface area contributed by atoms with Crippen molar-refractivity contribution in [3.63, 3.8) is 0 Å². The Labute approximate surface area is 116 Å². The van der Waals surface area contributed by atoms with Gasteiger partial charge in [0.15, 0.2) is 11.5 Å². The molecule has 2 rings (SSSR count). The van der Waals surface area contributed by atoms with Gasteiger partial charge < -0.3 is 14.6 Å². The minimum Gasteiger partial charge on any atom is -0.493 e. The average molecular weight is 276 g/mol. The fourth-order valence-corrected chi connectivity index (χ4v) is 1.68. The van der Waals surface area contributed by atoms with Crippen molar-refractivity contribution >= 4 is 18.0 Å². The fourth-order valence-electron chi connectivity index (χ4n) is 1.68. The van der Waals surface area contributed by atoms with Gasteiger partial charge in [0.25, 0.3) is 0 Å². The second-order valence-electron chi connectivity index (χ2n) is 4.74. The van der Waals surface area contributed by atoms with E-state index in [9.17, 15) is 9.59 Å². The van der Waals surface area contributed by atoms with Crippen molar-refractivity contribution in [3.8, 4) is 11.5 Å². The standard InChI is InChI=1S/C15H16O5/c1-9(14(16)17)7-10-3-6-12(13(8-10)19-2)20-15(18)11-4-5-11/h3,6-8,11H,4-5H2,1-2H3,(H,16,17)/b9-7+. The molecule has 1 fully saturated rings. The van der Waals surface area contributed by atoms with E-state index in [2.05, 4.69) is 0 Å². The lowest BCUT2D eigenvalue weighted by Crippen LogP contribution is -2.10. The number of benzene rings is 1. The molecule has 5 heteroatoms. The van der Waals surface area contributed by atoms with Crippen molar-refractivity contribution in [3.05, 3.63) is 29.3 Å². The lowest BCUT2D eigenvalue weighted by molar-refractivity contribution is -0.136. The summed E-state index contributed by atoms with van der Waals surface area (Å²) in [5.74, 6) is -0.449. The van der Waals surface area contributed by atoms with Crippen molar-refractivity contribution in [1.29, 1.82) is 0 Å². The molecule has 0 atom stereocenters. The summed E-state index contributed by atoms with van der Waals surface area (Å²) in [6.45, 7) is 1.51. The molecule has 20 heavy (non-hydrogen) atoms. The van der Waals surface area contributed by atoms with E-state index in [1.54, 1.807) is 18.2 Å². The number of aliphatic carboxylic acids is 1. The van der Waals surface area contributed by atoms with E-state index in [0.717, 1.165) is 12.8 Å². The van der Waals surface area contributed by atoms with Crippen molar-refractivity contribution in [2.75, 3.05) is 7.11 Å². The van der Waals surface area contributed by atoms with E-state index < -0.39 is 5.97 Å². The molecule has 0 aliphatic heterocycles. The zero-order valence-corrected chi connectivity index (χ0v) is 11.4. The smallest absolute Gasteiger partial charge is 0.331 e.